The van der Waals surface area contributed by atoms with Gasteiger partial charge >= 0.3 is 0 Å². The molecule has 0 unspecified atom stereocenters. The maximum atomic E-state index is 12.9. The fourth-order valence-electron chi connectivity index (χ4n) is 2.12. The van der Waals surface area contributed by atoms with Gasteiger partial charge in [-0.15, -0.1) is 0 Å². The second kappa shape index (κ2) is 6.99. The fraction of sp³-hybridized carbons (Fsp3) is 0.235. The Kier molecular flexibility index (Phi) is 5.06. The predicted octanol–water partition coefficient (Wildman–Crippen LogP) is 2.57. The van der Waals surface area contributed by atoms with Crippen molar-refractivity contribution in [2.75, 3.05) is 0 Å². The van der Waals surface area contributed by atoms with Crippen molar-refractivity contribution >= 4 is 5.91 Å². The smallest absolute Gasteiger partial charge is 0.237 e. The monoisotopic (exact) mass is 286 g/mol. The van der Waals surface area contributed by atoms with Crippen molar-refractivity contribution < 1.29 is 9.18 Å². The number of rotatable bonds is 5. The highest BCUT2D eigenvalue weighted by atomic mass is 19.1. The van der Waals surface area contributed by atoms with Gasteiger partial charge in [-0.1, -0.05) is 42.5 Å². The van der Waals surface area contributed by atoms with E-state index in [-0.39, 0.29) is 17.8 Å². The third kappa shape index (κ3) is 4.39. The lowest BCUT2D eigenvalue weighted by Gasteiger charge is -2.18. The standard InChI is InChI=1S/C17H19FN2O/c1-12(14-7-9-15(18)10-8-14)20-17(21)16(19)11-13-5-3-2-4-6-13/h2-10,12,16H,11,19H2,1H3,(H,20,21)/t12-,16+/m1/s1. The lowest BCUT2D eigenvalue weighted by molar-refractivity contribution is -0.123. The summed E-state index contributed by atoms with van der Waals surface area (Å²) in [7, 11) is 0. The van der Waals surface area contributed by atoms with Gasteiger partial charge in [0.25, 0.3) is 0 Å². The molecule has 0 saturated heterocycles. The summed E-state index contributed by atoms with van der Waals surface area (Å²) in [4.78, 5) is 12.1. The van der Waals surface area contributed by atoms with Crippen LogP contribution in [0.2, 0.25) is 0 Å². The number of carbonyl (C=O) groups excluding carboxylic acids is 1. The number of carbonyl (C=O) groups is 1. The molecule has 0 bridgehead atoms. The fourth-order valence-corrected chi connectivity index (χ4v) is 2.12. The summed E-state index contributed by atoms with van der Waals surface area (Å²) in [5.74, 6) is -0.506. The van der Waals surface area contributed by atoms with Gasteiger partial charge in [0.1, 0.15) is 5.82 Å². The summed E-state index contributed by atoms with van der Waals surface area (Å²) < 4.78 is 12.9. The Labute approximate surface area is 124 Å². The zero-order valence-corrected chi connectivity index (χ0v) is 11.9. The molecular formula is C17H19FN2O. The zero-order valence-electron chi connectivity index (χ0n) is 11.9. The summed E-state index contributed by atoms with van der Waals surface area (Å²) in [5, 5.41) is 2.85. The Morgan fingerprint density at radius 2 is 1.76 bits per heavy atom. The number of nitrogens with two attached hydrogens (primary N) is 1. The molecule has 3 nitrogen and oxygen atoms in total. The van der Waals surface area contributed by atoms with Gasteiger partial charge in [0, 0.05) is 0 Å². The Hall–Kier alpha value is -2.20. The van der Waals surface area contributed by atoms with Crippen LogP contribution in [0.5, 0.6) is 0 Å². The molecule has 0 aliphatic heterocycles. The zero-order chi connectivity index (χ0) is 15.2. The van der Waals surface area contributed by atoms with Gasteiger partial charge in [-0.25, -0.2) is 4.39 Å². The van der Waals surface area contributed by atoms with Gasteiger partial charge in [0.2, 0.25) is 5.91 Å². The van der Waals surface area contributed by atoms with Crippen molar-refractivity contribution in [2.45, 2.75) is 25.4 Å². The molecular weight excluding hydrogens is 267 g/mol. The number of halogens is 1. The molecule has 0 spiro atoms. The van der Waals surface area contributed by atoms with Crippen LogP contribution < -0.4 is 11.1 Å². The molecule has 2 rings (SSSR count). The van der Waals surface area contributed by atoms with E-state index in [2.05, 4.69) is 5.32 Å². The second-order valence-electron chi connectivity index (χ2n) is 5.08. The number of hydrogen-bond donors (Lipinski definition) is 2. The first-order chi connectivity index (χ1) is 10.1. The third-order valence-corrected chi connectivity index (χ3v) is 3.36. The molecule has 0 heterocycles. The highest BCUT2D eigenvalue weighted by Gasteiger charge is 2.17. The van der Waals surface area contributed by atoms with E-state index in [0.717, 1.165) is 11.1 Å². The highest BCUT2D eigenvalue weighted by molar-refractivity contribution is 5.82. The molecule has 0 fully saturated rings. The summed E-state index contributed by atoms with van der Waals surface area (Å²) in [6, 6.07) is 14.9. The maximum absolute atomic E-state index is 12.9. The van der Waals surface area contributed by atoms with E-state index in [1.165, 1.54) is 12.1 Å². The number of amides is 1. The van der Waals surface area contributed by atoms with Gasteiger partial charge in [0.15, 0.2) is 0 Å². The van der Waals surface area contributed by atoms with Crippen LogP contribution in [-0.2, 0) is 11.2 Å². The summed E-state index contributed by atoms with van der Waals surface area (Å²) in [6.45, 7) is 1.85. The predicted molar refractivity (Wildman–Crippen MR) is 81.1 cm³/mol. The van der Waals surface area contributed by atoms with Gasteiger partial charge in [-0.2, -0.15) is 0 Å². The first-order valence-corrected chi connectivity index (χ1v) is 6.91. The molecule has 0 radical (unpaired) electrons. The van der Waals surface area contributed by atoms with Crippen molar-refractivity contribution in [2.24, 2.45) is 5.73 Å². The SMILES string of the molecule is C[C@@H](NC(=O)[C@@H](N)Cc1ccccc1)c1ccc(F)cc1. The van der Waals surface area contributed by atoms with E-state index < -0.39 is 6.04 Å². The van der Waals surface area contributed by atoms with Crippen LogP contribution in [0.3, 0.4) is 0 Å². The Morgan fingerprint density at radius 3 is 2.38 bits per heavy atom. The van der Waals surface area contributed by atoms with Gasteiger partial charge in [0.05, 0.1) is 12.1 Å². The van der Waals surface area contributed by atoms with Crippen molar-refractivity contribution in [1.82, 2.24) is 5.32 Å². The molecule has 3 N–H and O–H groups in total. The molecule has 0 aromatic heterocycles. The van der Waals surface area contributed by atoms with Crippen molar-refractivity contribution in [3.05, 3.63) is 71.5 Å². The maximum Gasteiger partial charge on any atom is 0.237 e. The molecule has 0 aliphatic rings. The quantitative estimate of drug-likeness (QED) is 0.887. The largest absolute Gasteiger partial charge is 0.348 e. The third-order valence-electron chi connectivity index (χ3n) is 3.36. The van der Waals surface area contributed by atoms with Crippen molar-refractivity contribution in [3.8, 4) is 0 Å². The molecule has 110 valence electrons. The van der Waals surface area contributed by atoms with Gasteiger partial charge < -0.3 is 11.1 Å². The summed E-state index contributed by atoms with van der Waals surface area (Å²) in [5.41, 5.74) is 7.79. The minimum atomic E-state index is -0.602. The Balaban J connectivity index is 1.92. The van der Waals surface area contributed by atoms with E-state index in [9.17, 15) is 9.18 Å². The minimum Gasteiger partial charge on any atom is -0.348 e. The molecule has 4 heteroatoms. The second-order valence-corrected chi connectivity index (χ2v) is 5.08. The number of nitrogens with one attached hydrogen (secondary N) is 1. The average Bonchev–Trinajstić information content (AvgIpc) is 2.48. The first kappa shape index (κ1) is 15.2. The molecule has 1 amide bonds. The molecule has 2 aromatic rings. The van der Waals surface area contributed by atoms with E-state index in [0.29, 0.717) is 6.42 Å². The van der Waals surface area contributed by atoms with Crippen LogP contribution in [-0.4, -0.2) is 11.9 Å². The number of benzene rings is 2. The van der Waals surface area contributed by atoms with E-state index in [1.807, 2.05) is 37.3 Å². The van der Waals surface area contributed by atoms with Crippen LogP contribution in [0.4, 0.5) is 4.39 Å². The average molecular weight is 286 g/mol. The lowest BCUT2D eigenvalue weighted by Crippen LogP contribution is -2.42. The van der Waals surface area contributed by atoms with Crippen LogP contribution >= 0.6 is 0 Å². The van der Waals surface area contributed by atoms with Crippen molar-refractivity contribution in [1.29, 1.82) is 0 Å². The lowest BCUT2D eigenvalue weighted by atomic mass is 10.0. The Bertz CT molecular complexity index is 583. The summed E-state index contributed by atoms with van der Waals surface area (Å²) in [6.07, 6.45) is 0.489. The molecule has 0 aliphatic carbocycles. The topological polar surface area (TPSA) is 55.1 Å². The van der Waals surface area contributed by atoms with Gasteiger partial charge in [-0.3, -0.25) is 4.79 Å². The van der Waals surface area contributed by atoms with Gasteiger partial charge in [-0.05, 0) is 36.6 Å². The normalized spacial score (nSPS) is 13.5. The van der Waals surface area contributed by atoms with E-state index in [1.54, 1.807) is 12.1 Å². The first-order valence-electron chi connectivity index (χ1n) is 6.91. The molecule has 0 saturated carbocycles. The van der Waals surface area contributed by atoms with Crippen LogP contribution in [0.1, 0.15) is 24.1 Å². The highest BCUT2D eigenvalue weighted by Crippen LogP contribution is 2.13. The van der Waals surface area contributed by atoms with E-state index >= 15 is 0 Å². The van der Waals surface area contributed by atoms with Crippen LogP contribution in [0.25, 0.3) is 0 Å². The molecule has 2 aromatic carbocycles. The summed E-state index contributed by atoms with van der Waals surface area (Å²) >= 11 is 0. The minimum absolute atomic E-state index is 0.208. The van der Waals surface area contributed by atoms with Crippen LogP contribution in [0.15, 0.2) is 54.6 Å². The van der Waals surface area contributed by atoms with Crippen LogP contribution in [0, 0.1) is 5.82 Å². The molecule has 2 atom stereocenters. The Morgan fingerprint density at radius 1 is 1.14 bits per heavy atom. The van der Waals surface area contributed by atoms with Crippen molar-refractivity contribution in [3.63, 3.8) is 0 Å². The van der Waals surface area contributed by atoms with E-state index in [4.69, 9.17) is 5.73 Å². The molecule has 21 heavy (non-hydrogen) atoms. The number of hydrogen-bond acceptors (Lipinski definition) is 2.